The third-order valence-electron chi connectivity index (χ3n) is 3.64. The van der Waals surface area contributed by atoms with Gasteiger partial charge in [-0.1, -0.05) is 0 Å². The van der Waals surface area contributed by atoms with Crippen LogP contribution < -0.4 is 10.2 Å². The lowest BCUT2D eigenvalue weighted by Crippen LogP contribution is -2.17. The van der Waals surface area contributed by atoms with E-state index >= 15 is 0 Å². The van der Waals surface area contributed by atoms with Gasteiger partial charge in [0.1, 0.15) is 5.75 Å². The summed E-state index contributed by atoms with van der Waals surface area (Å²) in [5.41, 5.74) is 4.07. The van der Waals surface area contributed by atoms with Crippen molar-refractivity contribution in [1.82, 2.24) is 5.43 Å². The second-order valence-electron chi connectivity index (χ2n) is 5.30. The molecule has 5 heteroatoms. The molecule has 1 fully saturated rings. The fraction of sp³-hybridized carbons (Fsp3) is 0.294. The normalized spacial score (nSPS) is 15.3. The molecular weight excluding hydrogens is 296 g/mol. The van der Waals surface area contributed by atoms with Crippen LogP contribution in [0, 0.1) is 0 Å². The lowest BCUT2D eigenvalue weighted by atomic mass is 10.2. The number of ether oxygens (including phenoxy) is 1. The maximum atomic E-state index is 12.0. The third kappa shape index (κ3) is 3.95. The van der Waals surface area contributed by atoms with E-state index in [1.54, 1.807) is 29.7 Å². The number of hydrogen-bond acceptors (Lipinski definition) is 4. The van der Waals surface area contributed by atoms with E-state index in [0.717, 1.165) is 24.2 Å². The number of nitrogens with one attached hydrogen (secondary N) is 1. The molecule has 0 unspecified atom stereocenters. The molecule has 0 aliphatic heterocycles. The van der Waals surface area contributed by atoms with Crippen molar-refractivity contribution in [3.05, 3.63) is 52.2 Å². The molecule has 1 heterocycles. The summed E-state index contributed by atoms with van der Waals surface area (Å²) < 4.78 is 5.88. The van der Waals surface area contributed by atoms with Crippen LogP contribution in [-0.2, 0) is 0 Å². The molecule has 1 N–H and O–H groups in total. The summed E-state index contributed by atoms with van der Waals surface area (Å²) in [6.07, 6.45) is 6.70. The van der Waals surface area contributed by atoms with Gasteiger partial charge in [-0.05, 0) is 66.8 Å². The highest BCUT2D eigenvalue weighted by Gasteiger charge is 2.16. The summed E-state index contributed by atoms with van der Waals surface area (Å²) in [6, 6.07) is 9.15. The number of nitrogens with zero attached hydrogens (tertiary/aromatic N) is 1. The van der Waals surface area contributed by atoms with Crippen LogP contribution in [0.4, 0.5) is 0 Å². The van der Waals surface area contributed by atoms with Crippen molar-refractivity contribution < 1.29 is 9.53 Å². The Morgan fingerprint density at radius 3 is 2.68 bits per heavy atom. The van der Waals surface area contributed by atoms with Crippen LogP contribution in [0.25, 0.3) is 0 Å². The summed E-state index contributed by atoms with van der Waals surface area (Å²) in [6.45, 7) is 0. The smallest absolute Gasteiger partial charge is 0.271 e. The van der Waals surface area contributed by atoms with Crippen LogP contribution >= 0.6 is 11.3 Å². The lowest BCUT2D eigenvalue weighted by molar-refractivity contribution is 0.0955. The quantitative estimate of drug-likeness (QED) is 0.673. The Hall–Kier alpha value is -2.14. The molecule has 1 saturated carbocycles. The Morgan fingerprint density at radius 1 is 1.23 bits per heavy atom. The zero-order chi connectivity index (χ0) is 15.2. The molecule has 0 spiro atoms. The molecule has 2 aromatic rings. The van der Waals surface area contributed by atoms with Gasteiger partial charge >= 0.3 is 0 Å². The lowest BCUT2D eigenvalue weighted by Gasteiger charge is -2.12. The minimum absolute atomic E-state index is 0.223. The summed E-state index contributed by atoms with van der Waals surface area (Å²) in [4.78, 5) is 12.0. The predicted octanol–water partition coefficient (Wildman–Crippen LogP) is 3.83. The van der Waals surface area contributed by atoms with Gasteiger partial charge in [0.15, 0.2) is 0 Å². The van der Waals surface area contributed by atoms with Crippen molar-refractivity contribution in [1.29, 1.82) is 0 Å². The number of carbonyl (C=O) groups excluding carboxylic acids is 1. The first kappa shape index (κ1) is 14.8. The number of thiophene rings is 1. The first-order valence-corrected chi connectivity index (χ1v) is 8.38. The van der Waals surface area contributed by atoms with Gasteiger partial charge in [0, 0.05) is 11.1 Å². The number of hydrazone groups is 1. The van der Waals surface area contributed by atoms with E-state index in [1.807, 2.05) is 29.0 Å². The Kier molecular flexibility index (Phi) is 4.85. The molecule has 1 amide bonds. The van der Waals surface area contributed by atoms with Crippen LogP contribution in [0.1, 0.15) is 41.6 Å². The Bertz CT molecular complexity index is 629. The number of rotatable bonds is 5. The van der Waals surface area contributed by atoms with Crippen molar-refractivity contribution >= 4 is 23.5 Å². The second-order valence-corrected chi connectivity index (χ2v) is 6.08. The zero-order valence-electron chi connectivity index (χ0n) is 12.2. The van der Waals surface area contributed by atoms with E-state index in [4.69, 9.17) is 4.74 Å². The van der Waals surface area contributed by atoms with E-state index in [2.05, 4.69) is 10.5 Å². The van der Waals surface area contributed by atoms with Crippen LogP contribution in [0.5, 0.6) is 5.75 Å². The van der Waals surface area contributed by atoms with Gasteiger partial charge in [0.2, 0.25) is 0 Å². The monoisotopic (exact) mass is 314 g/mol. The fourth-order valence-corrected chi connectivity index (χ4v) is 3.07. The second kappa shape index (κ2) is 7.22. The first-order valence-electron chi connectivity index (χ1n) is 7.43. The van der Waals surface area contributed by atoms with Gasteiger partial charge in [-0.2, -0.15) is 16.4 Å². The summed E-state index contributed by atoms with van der Waals surface area (Å²) in [5, 5.41) is 7.87. The maximum Gasteiger partial charge on any atom is 0.271 e. The number of amides is 1. The largest absolute Gasteiger partial charge is 0.490 e. The summed E-state index contributed by atoms with van der Waals surface area (Å²) in [5.74, 6) is 0.601. The molecule has 0 bridgehead atoms. The van der Waals surface area contributed by atoms with Crippen LogP contribution in [0.15, 0.2) is 46.2 Å². The van der Waals surface area contributed by atoms with Crippen molar-refractivity contribution in [3.8, 4) is 5.75 Å². The fourth-order valence-electron chi connectivity index (χ4n) is 2.46. The van der Waals surface area contributed by atoms with Gasteiger partial charge in [-0.3, -0.25) is 4.79 Å². The van der Waals surface area contributed by atoms with E-state index in [1.165, 1.54) is 12.8 Å². The Labute approximate surface area is 133 Å². The van der Waals surface area contributed by atoms with E-state index in [0.29, 0.717) is 11.7 Å². The summed E-state index contributed by atoms with van der Waals surface area (Å²) in [7, 11) is 0. The van der Waals surface area contributed by atoms with Crippen LogP contribution in [0.3, 0.4) is 0 Å². The highest BCUT2D eigenvalue weighted by atomic mass is 32.1. The van der Waals surface area contributed by atoms with Crippen molar-refractivity contribution in [2.24, 2.45) is 5.10 Å². The standard InChI is InChI=1S/C17H18N2O2S/c20-17(19-18-11-13-9-10-22-12-13)14-5-7-16(8-6-14)21-15-3-1-2-4-15/h5-12,15H,1-4H2,(H,19,20). The highest BCUT2D eigenvalue weighted by molar-refractivity contribution is 7.08. The predicted molar refractivity (Wildman–Crippen MR) is 88.7 cm³/mol. The van der Waals surface area contributed by atoms with E-state index in [-0.39, 0.29) is 5.91 Å². The molecule has 114 valence electrons. The minimum atomic E-state index is -0.223. The number of benzene rings is 1. The summed E-state index contributed by atoms with van der Waals surface area (Å²) >= 11 is 1.59. The van der Waals surface area contributed by atoms with Gasteiger partial charge in [-0.25, -0.2) is 5.43 Å². The van der Waals surface area contributed by atoms with Crippen LogP contribution in [-0.4, -0.2) is 18.2 Å². The zero-order valence-corrected chi connectivity index (χ0v) is 13.0. The average molecular weight is 314 g/mol. The van der Waals surface area contributed by atoms with Gasteiger partial charge < -0.3 is 4.74 Å². The van der Waals surface area contributed by atoms with Gasteiger partial charge in [0.05, 0.1) is 12.3 Å². The molecule has 0 atom stereocenters. The van der Waals surface area contributed by atoms with Crippen molar-refractivity contribution in [3.63, 3.8) is 0 Å². The SMILES string of the molecule is O=C(NN=Cc1ccsc1)c1ccc(OC2CCCC2)cc1. The molecule has 22 heavy (non-hydrogen) atoms. The highest BCUT2D eigenvalue weighted by Crippen LogP contribution is 2.24. The molecule has 1 aromatic heterocycles. The van der Waals surface area contributed by atoms with E-state index < -0.39 is 0 Å². The Balaban J connectivity index is 1.54. The van der Waals surface area contributed by atoms with Crippen LogP contribution in [0.2, 0.25) is 0 Å². The van der Waals surface area contributed by atoms with E-state index in [9.17, 15) is 4.79 Å². The molecule has 0 saturated heterocycles. The first-order chi connectivity index (χ1) is 10.8. The molecule has 1 aliphatic rings. The topological polar surface area (TPSA) is 50.7 Å². The maximum absolute atomic E-state index is 12.0. The van der Waals surface area contributed by atoms with Gasteiger partial charge in [-0.15, -0.1) is 0 Å². The molecule has 1 aliphatic carbocycles. The van der Waals surface area contributed by atoms with Gasteiger partial charge in [0.25, 0.3) is 5.91 Å². The molecule has 1 aromatic carbocycles. The Morgan fingerprint density at radius 2 is 2.00 bits per heavy atom. The molecule has 4 nitrogen and oxygen atoms in total. The molecular formula is C17H18N2O2S. The number of carbonyl (C=O) groups is 1. The third-order valence-corrected chi connectivity index (χ3v) is 4.35. The molecule has 3 rings (SSSR count). The number of hydrogen-bond donors (Lipinski definition) is 1. The molecule has 0 radical (unpaired) electrons. The van der Waals surface area contributed by atoms with Crippen molar-refractivity contribution in [2.75, 3.05) is 0 Å². The minimum Gasteiger partial charge on any atom is -0.490 e. The average Bonchev–Trinajstić information content (AvgIpc) is 3.21. The van der Waals surface area contributed by atoms with Crippen molar-refractivity contribution in [2.45, 2.75) is 31.8 Å².